The van der Waals surface area contributed by atoms with Crippen molar-refractivity contribution in [2.45, 2.75) is 69.8 Å². The number of anilines is 2. The Morgan fingerprint density at radius 3 is 2.52 bits per heavy atom. The smallest absolute Gasteiger partial charge is 0.410 e. The summed E-state index contributed by atoms with van der Waals surface area (Å²) in [6, 6.07) is 10.4. The van der Waals surface area contributed by atoms with Crippen molar-refractivity contribution in [1.82, 2.24) is 20.2 Å². The molecule has 2 N–H and O–H groups in total. The molecule has 0 radical (unpaired) electrons. The largest absolute Gasteiger partial charge is 0.444 e. The van der Waals surface area contributed by atoms with E-state index in [0.29, 0.717) is 17.7 Å². The minimum Gasteiger partial charge on any atom is -0.444 e. The van der Waals surface area contributed by atoms with E-state index in [1.165, 1.54) is 4.90 Å². The Labute approximate surface area is 202 Å². The first kappa shape index (κ1) is 25.3. The van der Waals surface area contributed by atoms with Crippen molar-refractivity contribution in [3.63, 3.8) is 0 Å². The Hall–Kier alpha value is -2.32. The summed E-state index contributed by atoms with van der Waals surface area (Å²) in [5, 5.41) is 7.44. The first-order valence-corrected chi connectivity index (χ1v) is 12.6. The molecule has 1 amide bonds. The number of likely N-dealkylation sites (tertiary alicyclic amines) is 1. The SMILES string of the molecule is CC(C)Sc1ccc(Nc2cc(CNCC3CCN(C(=O)OC(C)(C)C)CC3)ncn2)cc1. The predicted octanol–water partition coefficient (Wildman–Crippen LogP) is 5.46. The average Bonchev–Trinajstić information content (AvgIpc) is 2.74. The monoisotopic (exact) mass is 471 g/mol. The Morgan fingerprint density at radius 1 is 1.18 bits per heavy atom. The fraction of sp³-hybridized carbons (Fsp3) is 0.560. The van der Waals surface area contributed by atoms with Gasteiger partial charge in [0.25, 0.3) is 0 Å². The van der Waals surface area contributed by atoms with Crippen LogP contribution >= 0.6 is 11.8 Å². The standard InChI is InChI=1S/C25H37N5O2S/c1-18(2)33-22-8-6-20(7-9-22)29-23-14-21(27-17-28-23)16-26-15-19-10-12-30(13-11-19)24(31)32-25(3,4)5/h6-9,14,17-19,26H,10-13,15-16H2,1-5H3,(H,27,28,29). The van der Waals surface area contributed by atoms with E-state index < -0.39 is 5.60 Å². The summed E-state index contributed by atoms with van der Waals surface area (Å²) in [5.41, 5.74) is 1.51. The number of thioether (sulfide) groups is 1. The number of nitrogens with one attached hydrogen (secondary N) is 2. The number of aromatic nitrogens is 2. The third kappa shape index (κ3) is 8.85. The van der Waals surface area contributed by atoms with E-state index in [9.17, 15) is 4.79 Å². The molecular formula is C25H37N5O2S. The van der Waals surface area contributed by atoms with E-state index >= 15 is 0 Å². The van der Waals surface area contributed by atoms with Crippen molar-refractivity contribution >= 4 is 29.4 Å². The van der Waals surface area contributed by atoms with E-state index in [1.54, 1.807) is 6.33 Å². The number of carbonyl (C=O) groups is 1. The Bertz CT molecular complexity index is 890. The average molecular weight is 472 g/mol. The number of rotatable bonds is 8. The van der Waals surface area contributed by atoms with Crippen LogP contribution < -0.4 is 10.6 Å². The summed E-state index contributed by atoms with van der Waals surface area (Å²) in [7, 11) is 0. The first-order valence-electron chi connectivity index (χ1n) is 11.7. The van der Waals surface area contributed by atoms with Gasteiger partial charge in [0.1, 0.15) is 17.7 Å². The van der Waals surface area contributed by atoms with Crippen molar-refractivity contribution in [1.29, 1.82) is 0 Å². The summed E-state index contributed by atoms with van der Waals surface area (Å²) in [6.45, 7) is 13.2. The van der Waals surface area contributed by atoms with Gasteiger partial charge in [-0.1, -0.05) is 13.8 Å². The van der Waals surface area contributed by atoms with E-state index in [4.69, 9.17) is 4.74 Å². The molecule has 1 aromatic carbocycles. The topological polar surface area (TPSA) is 79.4 Å². The van der Waals surface area contributed by atoms with Crippen molar-refractivity contribution in [3.8, 4) is 0 Å². The lowest BCUT2D eigenvalue weighted by Crippen LogP contribution is -2.43. The molecule has 0 bridgehead atoms. The normalized spacial score (nSPS) is 15.0. The molecule has 8 heteroatoms. The number of carbonyl (C=O) groups excluding carboxylic acids is 1. The molecule has 0 aliphatic carbocycles. The molecule has 33 heavy (non-hydrogen) atoms. The van der Waals surface area contributed by atoms with Crippen molar-refractivity contribution < 1.29 is 9.53 Å². The molecule has 0 unspecified atom stereocenters. The minimum absolute atomic E-state index is 0.205. The van der Waals surface area contributed by atoms with Crippen LogP contribution in [0.25, 0.3) is 0 Å². The molecule has 2 heterocycles. The van der Waals surface area contributed by atoms with Gasteiger partial charge < -0.3 is 20.3 Å². The molecule has 1 saturated heterocycles. The highest BCUT2D eigenvalue weighted by Gasteiger charge is 2.26. The number of hydrogen-bond acceptors (Lipinski definition) is 7. The first-order chi connectivity index (χ1) is 15.7. The van der Waals surface area contributed by atoms with E-state index in [1.807, 2.05) is 43.5 Å². The molecule has 3 rings (SSSR count). The summed E-state index contributed by atoms with van der Waals surface area (Å²) in [6.07, 6.45) is 3.35. The van der Waals surface area contributed by atoms with Crippen molar-refractivity contribution in [3.05, 3.63) is 42.4 Å². The van der Waals surface area contributed by atoms with Crippen molar-refractivity contribution in [2.75, 3.05) is 25.0 Å². The molecule has 180 valence electrons. The molecule has 7 nitrogen and oxygen atoms in total. The van der Waals surface area contributed by atoms with Crippen LogP contribution in [-0.2, 0) is 11.3 Å². The van der Waals surface area contributed by atoms with Gasteiger partial charge in [0.15, 0.2) is 0 Å². The predicted molar refractivity (Wildman–Crippen MR) is 135 cm³/mol. The lowest BCUT2D eigenvalue weighted by molar-refractivity contribution is 0.0184. The number of ether oxygens (including phenoxy) is 1. The van der Waals surface area contributed by atoms with Gasteiger partial charge in [0.05, 0.1) is 5.69 Å². The van der Waals surface area contributed by atoms with Crippen LogP contribution in [0.15, 0.2) is 41.6 Å². The molecule has 0 saturated carbocycles. The number of amides is 1. The second-order valence-corrected chi connectivity index (χ2v) is 11.4. The Balaban J connectivity index is 1.41. The maximum Gasteiger partial charge on any atom is 0.410 e. The zero-order valence-corrected chi connectivity index (χ0v) is 21.2. The summed E-state index contributed by atoms with van der Waals surface area (Å²) < 4.78 is 5.48. The maximum absolute atomic E-state index is 12.2. The van der Waals surface area contributed by atoms with Gasteiger partial charge in [-0.25, -0.2) is 14.8 Å². The van der Waals surface area contributed by atoms with Crippen molar-refractivity contribution in [2.24, 2.45) is 5.92 Å². The zero-order chi connectivity index (χ0) is 23.8. The fourth-order valence-corrected chi connectivity index (χ4v) is 4.49. The van der Waals surface area contributed by atoms with Gasteiger partial charge in [-0.15, -0.1) is 11.8 Å². The molecule has 0 atom stereocenters. The number of nitrogens with zero attached hydrogens (tertiary/aromatic N) is 3. The second-order valence-electron chi connectivity index (χ2n) is 9.75. The Morgan fingerprint density at radius 2 is 1.88 bits per heavy atom. The highest BCUT2D eigenvalue weighted by atomic mass is 32.2. The van der Waals surface area contributed by atoms with Crippen LogP contribution in [0.4, 0.5) is 16.3 Å². The molecule has 1 fully saturated rings. The maximum atomic E-state index is 12.2. The molecule has 1 aliphatic heterocycles. The van der Waals surface area contributed by atoms with Crippen LogP contribution in [0.2, 0.25) is 0 Å². The van der Waals surface area contributed by atoms with Gasteiger partial charge in [-0.2, -0.15) is 0 Å². The van der Waals surface area contributed by atoms with Crippen LogP contribution in [0, 0.1) is 5.92 Å². The number of hydrogen-bond donors (Lipinski definition) is 2. The zero-order valence-electron chi connectivity index (χ0n) is 20.4. The Kier molecular flexibility index (Phi) is 8.97. The molecule has 0 spiro atoms. The lowest BCUT2D eigenvalue weighted by atomic mass is 9.97. The van der Waals surface area contributed by atoms with Gasteiger partial charge in [-0.05, 0) is 70.3 Å². The summed E-state index contributed by atoms with van der Waals surface area (Å²) >= 11 is 1.85. The molecule has 2 aromatic rings. The molecular weight excluding hydrogens is 434 g/mol. The van der Waals surface area contributed by atoms with E-state index in [2.05, 4.69) is 58.7 Å². The number of piperidine rings is 1. The second kappa shape index (κ2) is 11.7. The fourth-order valence-electron chi connectivity index (χ4n) is 3.65. The van der Waals surface area contributed by atoms with E-state index in [-0.39, 0.29) is 6.09 Å². The third-order valence-electron chi connectivity index (χ3n) is 5.23. The quantitative estimate of drug-likeness (QED) is 0.495. The summed E-state index contributed by atoms with van der Waals surface area (Å²) in [5.74, 6) is 1.34. The third-order valence-corrected chi connectivity index (χ3v) is 6.24. The molecule has 1 aromatic heterocycles. The highest BCUT2D eigenvalue weighted by Crippen LogP contribution is 2.25. The highest BCUT2D eigenvalue weighted by molar-refractivity contribution is 7.99. The van der Waals surface area contributed by atoms with Crippen LogP contribution in [0.5, 0.6) is 0 Å². The lowest BCUT2D eigenvalue weighted by Gasteiger charge is -2.33. The summed E-state index contributed by atoms with van der Waals surface area (Å²) in [4.78, 5) is 24.0. The molecule has 1 aliphatic rings. The number of benzene rings is 1. The van der Waals surface area contributed by atoms with Crippen LogP contribution in [-0.4, -0.2) is 51.4 Å². The van der Waals surface area contributed by atoms with Crippen LogP contribution in [0.3, 0.4) is 0 Å². The van der Waals surface area contributed by atoms with Gasteiger partial charge in [0.2, 0.25) is 0 Å². The van der Waals surface area contributed by atoms with Gasteiger partial charge in [0, 0.05) is 41.5 Å². The van der Waals surface area contributed by atoms with Gasteiger partial charge >= 0.3 is 6.09 Å². The van der Waals surface area contributed by atoms with E-state index in [0.717, 1.165) is 49.7 Å². The minimum atomic E-state index is -0.447. The van der Waals surface area contributed by atoms with Gasteiger partial charge in [-0.3, -0.25) is 0 Å². The van der Waals surface area contributed by atoms with Crippen LogP contribution in [0.1, 0.15) is 53.2 Å².